The molecule has 1 aromatic rings. The van der Waals surface area contributed by atoms with Crippen LogP contribution in [0.3, 0.4) is 0 Å². The third kappa shape index (κ3) is 2.98. The van der Waals surface area contributed by atoms with E-state index >= 15 is 0 Å². The maximum absolute atomic E-state index is 11.9. The van der Waals surface area contributed by atoms with Crippen LogP contribution in [-0.2, 0) is 9.59 Å². The monoisotopic (exact) mass is 362 g/mol. The van der Waals surface area contributed by atoms with Gasteiger partial charge in [-0.2, -0.15) is 0 Å². The van der Waals surface area contributed by atoms with Gasteiger partial charge < -0.3 is 0 Å². The van der Waals surface area contributed by atoms with Gasteiger partial charge in [0.05, 0.1) is 3.57 Å². The molecule has 17 heavy (non-hydrogen) atoms. The number of pyridine rings is 1. The number of halogens is 1. The van der Waals surface area contributed by atoms with E-state index in [0.29, 0.717) is 18.8 Å². The predicted octanol–water partition coefficient (Wildman–Crippen LogP) is 2.07. The predicted molar refractivity (Wildman–Crippen MR) is 76.0 cm³/mol. The van der Waals surface area contributed by atoms with Crippen LogP contribution in [0.5, 0.6) is 0 Å². The Balaban J connectivity index is 2.16. The van der Waals surface area contributed by atoms with Gasteiger partial charge >= 0.3 is 0 Å². The third-order valence-corrected chi connectivity index (χ3v) is 4.24. The average molecular weight is 362 g/mol. The lowest BCUT2D eigenvalue weighted by atomic mass is 10.4. The van der Waals surface area contributed by atoms with E-state index in [4.69, 9.17) is 0 Å². The first-order valence-electron chi connectivity index (χ1n) is 5.16. The number of carbonyl (C=O) groups excluding carboxylic acids is 2. The van der Waals surface area contributed by atoms with Crippen molar-refractivity contribution in [3.05, 3.63) is 21.9 Å². The Hall–Kier alpha value is -0.630. The van der Waals surface area contributed by atoms with Crippen molar-refractivity contribution in [2.24, 2.45) is 0 Å². The topological polar surface area (TPSA) is 50.3 Å². The van der Waals surface area contributed by atoms with E-state index in [1.54, 1.807) is 11.1 Å². The molecule has 0 bridgehead atoms. The fourth-order valence-electron chi connectivity index (χ4n) is 1.77. The number of thioether (sulfide) groups is 1. The second kappa shape index (κ2) is 5.34. The molecule has 1 aliphatic heterocycles. The molecular formula is C11H11IN2O2S. The first kappa shape index (κ1) is 12.8. The van der Waals surface area contributed by atoms with Gasteiger partial charge in [0.1, 0.15) is 5.82 Å². The van der Waals surface area contributed by atoms with Crippen LogP contribution in [0.2, 0.25) is 0 Å². The number of amides is 1. The maximum atomic E-state index is 11.9. The van der Waals surface area contributed by atoms with Gasteiger partial charge in [-0.25, -0.2) is 4.98 Å². The highest BCUT2D eigenvalue weighted by Gasteiger charge is 2.33. The molecule has 1 aliphatic rings. The largest absolute Gasteiger partial charge is 0.295 e. The molecule has 0 N–H and O–H groups in total. The maximum Gasteiger partial charge on any atom is 0.229 e. The molecule has 6 heteroatoms. The van der Waals surface area contributed by atoms with E-state index in [1.165, 1.54) is 18.7 Å². The summed E-state index contributed by atoms with van der Waals surface area (Å²) in [5.41, 5.74) is 0. The Morgan fingerprint density at radius 2 is 2.41 bits per heavy atom. The van der Waals surface area contributed by atoms with E-state index < -0.39 is 0 Å². The summed E-state index contributed by atoms with van der Waals surface area (Å²) in [6.07, 6.45) is 2.09. The highest BCUT2D eigenvalue weighted by Crippen LogP contribution is 2.29. The van der Waals surface area contributed by atoms with Crippen LogP contribution in [0.25, 0.3) is 0 Å². The molecule has 0 aliphatic carbocycles. The van der Waals surface area contributed by atoms with Gasteiger partial charge in [0.2, 0.25) is 5.91 Å². The van der Waals surface area contributed by atoms with E-state index in [0.717, 1.165) is 3.57 Å². The van der Waals surface area contributed by atoms with Crippen LogP contribution in [0, 0.1) is 3.57 Å². The van der Waals surface area contributed by atoms with Crippen molar-refractivity contribution < 1.29 is 9.59 Å². The summed E-state index contributed by atoms with van der Waals surface area (Å²) in [4.78, 5) is 28.8. The van der Waals surface area contributed by atoms with Crippen LogP contribution in [0.1, 0.15) is 13.3 Å². The quantitative estimate of drug-likeness (QED) is 0.756. The van der Waals surface area contributed by atoms with Crippen molar-refractivity contribution in [2.45, 2.75) is 18.6 Å². The standard InChI is InChI=1S/C11H11IN2O2S/c1-7(15)17-8-5-10(16)14(6-8)11-9(12)3-2-4-13-11/h2-4,8H,5-6H2,1H3. The molecular weight excluding hydrogens is 351 g/mol. The highest BCUT2D eigenvalue weighted by atomic mass is 127. The molecule has 1 aromatic heterocycles. The molecule has 1 atom stereocenters. The summed E-state index contributed by atoms with van der Waals surface area (Å²) < 4.78 is 0.951. The van der Waals surface area contributed by atoms with Crippen LogP contribution < -0.4 is 4.90 Å². The molecule has 1 fully saturated rings. The third-order valence-electron chi connectivity index (χ3n) is 2.42. The van der Waals surface area contributed by atoms with Gasteiger partial charge in [0, 0.05) is 31.3 Å². The van der Waals surface area contributed by atoms with Crippen molar-refractivity contribution in [3.8, 4) is 0 Å². The Labute approximate surface area is 117 Å². The molecule has 4 nitrogen and oxygen atoms in total. The first-order valence-corrected chi connectivity index (χ1v) is 7.12. The number of rotatable bonds is 2. The zero-order chi connectivity index (χ0) is 12.4. The Bertz CT molecular complexity index is 467. The average Bonchev–Trinajstić information content (AvgIpc) is 2.59. The molecule has 1 amide bonds. The number of nitrogens with zero attached hydrogens (tertiary/aromatic N) is 2. The number of hydrogen-bond donors (Lipinski definition) is 0. The van der Waals surface area contributed by atoms with E-state index in [1.807, 2.05) is 12.1 Å². The van der Waals surface area contributed by atoms with Crippen LogP contribution >= 0.6 is 34.4 Å². The minimum atomic E-state index is 0.0420. The van der Waals surface area contributed by atoms with Gasteiger partial charge in [0.15, 0.2) is 5.12 Å². The molecule has 2 rings (SSSR count). The van der Waals surface area contributed by atoms with Crippen molar-refractivity contribution in [1.82, 2.24) is 4.98 Å². The van der Waals surface area contributed by atoms with Gasteiger partial charge in [0.25, 0.3) is 0 Å². The minimum absolute atomic E-state index is 0.0420. The van der Waals surface area contributed by atoms with Gasteiger partial charge in [-0.3, -0.25) is 14.5 Å². The van der Waals surface area contributed by atoms with Gasteiger partial charge in [-0.15, -0.1) is 0 Å². The second-order valence-corrected chi connectivity index (χ2v) is 6.39. The molecule has 0 radical (unpaired) electrons. The normalized spacial score (nSPS) is 19.8. The Kier molecular flexibility index (Phi) is 4.03. The molecule has 1 unspecified atom stereocenters. The fraction of sp³-hybridized carbons (Fsp3) is 0.364. The fourth-order valence-corrected chi connectivity index (χ4v) is 3.33. The molecule has 1 saturated heterocycles. The van der Waals surface area contributed by atoms with E-state index in [2.05, 4.69) is 27.6 Å². The van der Waals surface area contributed by atoms with Crippen LogP contribution in [0.15, 0.2) is 18.3 Å². The zero-order valence-corrected chi connectivity index (χ0v) is 12.2. The van der Waals surface area contributed by atoms with Crippen LogP contribution in [-0.4, -0.2) is 27.8 Å². The number of hydrogen-bond acceptors (Lipinski definition) is 4. The molecule has 0 aromatic carbocycles. The lowest BCUT2D eigenvalue weighted by molar-refractivity contribution is -0.117. The number of aromatic nitrogens is 1. The SMILES string of the molecule is CC(=O)SC1CC(=O)N(c2ncccc2I)C1. The van der Waals surface area contributed by atoms with Crippen molar-refractivity contribution >= 4 is 51.2 Å². The smallest absolute Gasteiger partial charge is 0.229 e. The van der Waals surface area contributed by atoms with Gasteiger partial charge in [-0.05, 0) is 34.7 Å². The van der Waals surface area contributed by atoms with Crippen molar-refractivity contribution in [2.75, 3.05) is 11.4 Å². The molecule has 0 saturated carbocycles. The number of carbonyl (C=O) groups is 2. The summed E-state index contributed by atoms with van der Waals surface area (Å²) in [7, 11) is 0. The first-order chi connectivity index (χ1) is 8.08. The summed E-state index contributed by atoms with van der Waals surface area (Å²) >= 11 is 3.40. The van der Waals surface area contributed by atoms with E-state index in [9.17, 15) is 9.59 Å². The van der Waals surface area contributed by atoms with Crippen molar-refractivity contribution in [1.29, 1.82) is 0 Å². The molecule has 90 valence electrons. The minimum Gasteiger partial charge on any atom is -0.295 e. The summed E-state index contributed by atoms with van der Waals surface area (Å²) in [6, 6.07) is 3.76. The van der Waals surface area contributed by atoms with E-state index in [-0.39, 0.29) is 16.3 Å². The molecule has 2 heterocycles. The van der Waals surface area contributed by atoms with Crippen molar-refractivity contribution in [3.63, 3.8) is 0 Å². The summed E-state index contributed by atoms with van der Waals surface area (Å²) in [6.45, 7) is 2.10. The number of anilines is 1. The second-order valence-electron chi connectivity index (χ2n) is 3.75. The Morgan fingerprint density at radius 1 is 1.65 bits per heavy atom. The molecule has 0 spiro atoms. The lowest BCUT2D eigenvalue weighted by Gasteiger charge is -2.16. The highest BCUT2D eigenvalue weighted by molar-refractivity contribution is 14.1. The van der Waals surface area contributed by atoms with Crippen LogP contribution in [0.4, 0.5) is 5.82 Å². The summed E-state index contributed by atoms with van der Waals surface area (Å²) in [5.74, 6) is 0.741. The Morgan fingerprint density at radius 3 is 3.06 bits per heavy atom. The lowest BCUT2D eigenvalue weighted by Crippen LogP contribution is -2.26. The zero-order valence-electron chi connectivity index (χ0n) is 9.22. The summed E-state index contributed by atoms with van der Waals surface area (Å²) in [5, 5.41) is 0.109. The van der Waals surface area contributed by atoms with Gasteiger partial charge in [-0.1, -0.05) is 11.8 Å².